The lowest BCUT2D eigenvalue weighted by Crippen LogP contribution is -2.31. The Morgan fingerprint density at radius 1 is 1.43 bits per heavy atom. The topological polar surface area (TPSA) is 82.3 Å². The Labute approximate surface area is 143 Å². The van der Waals surface area contributed by atoms with E-state index in [4.69, 9.17) is 9.88 Å². The highest BCUT2D eigenvalue weighted by Gasteiger charge is 2.31. The van der Waals surface area contributed by atoms with Gasteiger partial charge in [-0.15, -0.1) is 0 Å². The smallest absolute Gasteiger partial charge is 0.227 e. The van der Waals surface area contributed by atoms with Gasteiger partial charge in [0.25, 0.3) is 0 Å². The quantitative estimate of drug-likeness (QED) is 0.798. The maximum atomic E-state index is 11.9. The summed E-state index contributed by atoms with van der Waals surface area (Å²) >= 11 is 3.40. The van der Waals surface area contributed by atoms with Gasteiger partial charge in [0, 0.05) is 22.7 Å². The van der Waals surface area contributed by atoms with E-state index in [1.165, 1.54) is 0 Å². The van der Waals surface area contributed by atoms with E-state index in [1.807, 2.05) is 24.3 Å². The molecule has 1 aliphatic heterocycles. The van der Waals surface area contributed by atoms with E-state index in [-0.39, 0.29) is 0 Å². The van der Waals surface area contributed by atoms with Crippen molar-refractivity contribution in [1.29, 1.82) is 0 Å². The second-order valence-electron chi connectivity index (χ2n) is 5.12. The Bertz CT molecular complexity index is 854. The molecule has 0 radical (unpaired) electrons. The first-order chi connectivity index (χ1) is 11.0. The first-order valence-electron chi connectivity index (χ1n) is 7.02. The van der Waals surface area contributed by atoms with Crippen LogP contribution in [0.5, 0.6) is 5.88 Å². The summed E-state index contributed by atoms with van der Waals surface area (Å²) in [5.74, 6) is 0.906. The van der Waals surface area contributed by atoms with E-state index in [9.17, 15) is 8.42 Å². The molecule has 1 aromatic rings. The third-order valence-corrected chi connectivity index (χ3v) is 5.13. The molecule has 0 aromatic carbocycles. The molecule has 120 valence electrons. The van der Waals surface area contributed by atoms with Crippen molar-refractivity contribution in [3.63, 3.8) is 0 Å². The molecule has 7 heteroatoms. The predicted octanol–water partition coefficient (Wildman–Crippen LogP) is 2.68. The first kappa shape index (κ1) is 16.2. The number of hydrogen-bond donors (Lipinski definition) is 1. The Morgan fingerprint density at radius 2 is 2.26 bits per heavy atom. The van der Waals surface area contributed by atoms with Crippen LogP contribution in [0.15, 0.2) is 60.0 Å². The van der Waals surface area contributed by atoms with Gasteiger partial charge in [0.15, 0.2) is 0 Å². The summed E-state index contributed by atoms with van der Waals surface area (Å²) in [4.78, 5) is 4.26. The number of nitrogens with zero attached hydrogens (tertiary/aromatic N) is 1. The minimum Gasteiger partial charge on any atom is -0.438 e. The average molecular weight is 395 g/mol. The van der Waals surface area contributed by atoms with E-state index in [0.29, 0.717) is 17.2 Å². The number of alkyl halides is 1. The highest BCUT2D eigenvalue weighted by atomic mass is 79.9. The molecule has 5 nitrogen and oxygen atoms in total. The van der Waals surface area contributed by atoms with Crippen molar-refractivity contribution in [1.82, 2.24) is 4.98 Å². The first-order valence-corrected chi connectivity index (χ1v) is 9.75. The third-order valence-electron chi connectivity index (χ3n) is 3.55. The summed E-state index contributed by atoms with van der Waals surface area (Å²) in [6.07, 6.45) is 11.2. The van der Waals surface area contributed by atoms with Crippen molar-refractivity contribution in [2.24, 2.45) is 5.14 Å². The van der Waals surface area contributed by atoms with Crippen LogP contribution in [0.4, 0.5) is 0 Å². The van der Waals surface area contributed by atoms with Gasteiger partial charge in [0.05, 0.1) is 0 Å². The molecule has 0 saturated carbocycles. The molecule has 0 spiro atoms. The highest BCUT2D eigenvalue weighted by molar-refractivity contribution is 9.09. The summed E-state index contributed by atoms with van der Waals surface area (Å²) in [7, 11) is -3.78. The maximum absolute atomic E-state index is 11.9. The SMILES string of the molecule is NS(=O)(=O)C1C=CC=C2Oc3ncccc3C(=CCCBr)C=C21. The Balaban J connectivity index is 2.18. The molecule has 23 heavy (non-hydrogen) atoms. The summed E-state index contributed by atoms with van der Waals surface area (Å²) in [6.45, 7) is 0. The molecule has 2 aliphatic rings. The molecular weight excluding hydrogens is 380 g/mol. The van der Waals surface area contributed by atoms with Gasteiger partial charge in [0.2, 0.25) is 15.9 Å². The van der Waals surface area contributed by atoms with Gasteiger partial charge in [-0.2, -0.15) is 0 Å². The molecule has 3 rings (SSSR count). The summed E-state index contributed by atoms with van der Waals surface area (Å²) in [5, 5.41) is 5.25. The number of nitrogens with two attached hydrogens (primary N) is 1. The number of pyridine rings is 1. The van der Waals surface area contributed by atoms with Crippen molar-refractivity contribution in [2.75, 3.05) is 5.33 Å². The Morgan fingerprint density at radius 3 is 3.00 bits per heavy atom. The average Bonchev–Trinajstić information content (AvgIpc) is 2.67. The van der Waals surface area contributed by atoms with Gasteiger partial charge in [0.1, 0.15) is 11.0 Å². The van der Waals surface area contributed by atoms with E-state index in [1.54, 1.807) is 24.4 Å². The summed E-state index contributed by atoms with van der Waals surface area (Å²) < 4.78 is 29.7. The number of aromatic nitrogens is 1. The highest BCUT2D eigenvalue weighted by Crippen LogP contribution is 2.37. The number of primary sulfonamides is 1. The van der Waals surface area contributed by atoms with E-state index >= 15 is 0 Å². The van der Waals surface area contributed by atoms with Crippen LogP contribution in [0.3, 0.4) is 0 Å². The second-order valence-corrected chi connectivity index (χ2v) is 7.60. The zero-order valence-electron chi connectivity index (χ0n) is 12.1. The van der Waals surface area contributed by atoms with Crippen molar-refractivity contribution in [3.8, 4) is 5.88 Å². The number of hydrogen-bond acceptors (Lipinski definition) is 4. The van der Waals surface area contributed by atoms with E-state index < -0.39 is 15.3 Å². The van der Waals surface area contributed by atoms with Crippen molar-refractivity contribution in [3.05, 3.63) is 65.6 Å². The molecule has 0 saturated heterocycles. The zero-order chi connectivity index (χ0) is 16.4. The number of halogens is 1. The van der Waals surface area contributed by atoms with Crippen molar-refractivity contribution >= 4 is 31.5 Å². The lowest BCUT2D eigenvalue weighted by Gasteiger charge is -2.19. The van der Waals surface area contributed by atoms with E-state index in [0.717, 1.165) is 22.9 Å². The fourth-order valence-corrected chi connectivity index (χ4v) is 3.61. The van der Waals surface area contributed by atoms with Crippen LogP contribution in [-0.4, -0.2) is 24.0 Å². The minimum absolute atomic E-state index is 0.453. The third kappa shape index (κ3) is 3.31. The molecule has 1 atom stereocenters. The van der Waals surface area contributed by atoms with Crippen LogP contribution >= 0.6 is 15.9 Å². The van der Waals surface area contributed by atoms with Crippen LogP contribution < -0.4 is 9.88 Å². The van der Waals surface area contributed by atoms with Crippen LogP contribution in [0.1, 0.15) is 12.0 Å². The second kappa shape index (κ2) is 6.43. The van der Waals surface area contributed by atoms with Crippen molar-refractivity contribution in [2.45, 2.75) is 11.7 Å². The van der Waals surface area contributed by atoms with E-state index in [2.05, 4.69) is 20.9 Å². The predicted molar refractivity (Wildman–Crippen MR) is 93.5 cm³/mol. The Hall–Kier alpha value is -1.70. The number of fused-ring (bicyclic) bond motifs is 2. The van der Waals surface area contributed by atoms with Crippen LogP contribution in [0, 0.1) is 0 Å². The monoisotopic (exact) mass is 394 g/mol. The fraction of sp³-hybridized carbons (Fsp3) is 0.188. The van der Waals surface area contributed by atoms with Gasteiger partial charge in [-0.1, -0.05) is 34.2 Å². The number of sulfonamides is 1. The van der Waals surface area contributed by atoms with Crippen LogP contribution in [0.25, 0.3) is 5.57 Å². The molecule has 2 heterocycles. The summed E-state index contributed by atoms with van der Waals surface area (Å²) in [6, 6.07) is 3.72. The Kier molecular flexibility index (Phi) is 4.52. The molecule has 0 bridgehead atoms. The molecule has 0 amide bonds. The molecular formula is C16H15BrN2O3S. The number of rotatable bonds is 3. The fourth-order valence-electron chi connectivity index (χ4n) is 2.54. The van der Waals surface area contributed by atoms with Crippen LogP contribution in [-0.2, 0) is 10.0 Å². The zero-order valence-corrected chi connectivity index (χ0v) is 14.5. The number of allylic oxidation sites excluding steroid dienone is 6. The molecule has 1 unspecified atom stereocenters. The lowest BCUT2D eigenvalue weighted by molar-refractivity contribution is 0.416. The molecule has 0 fully saturated rings. The largest absolute Gasteiger partial charge is 0.438 e. The lowest BCUT2D eigenvalue weighted by atomic mass is 9.99. The normalized spacial score (nSPS) is 21.7. The summed E-state index contributed by atoms with van der Waals surface area (Å²) in [5.41, 5.74) is 2.22. The number of ether oxygens (including phenoxy) is 1. The van der Waals surface area contributed by atoms with Crippen LogP contribution in [0.2, 0.25) is 0 Å². The van der Waals surface area contributed by atoms with Gasteiger partial charge < -0.3 is 4.74 Å². The molecule has 1 aromatic heterocycles. The maximum Gasteiger partial charge on any atom is 0.227 e. The van der Waals surface area contributed by atoms with Gasteiger partial charge in [-0.05, 0) is 36.3 Å². The van der Waals surface area contributed by atoms with Crippen molar-refractivity contribution < 1.29 is 13.2 Å². The standard InChI is InChI=1S/C16H15BrN2O3S/c17-8-2-4-11-10-13-14(6-1-7-15(13)23(18,20)21)22-16-12(11)5-3-9-19-16/h1,3-7,9-10,15H,2,8H2,(H2,18,20,21). The van der Waals surface area contributed by atoms with Gasteiger partial charge >= 0.3 is 0 Å². The van der Waals surface area contributed by atoms with Gasteiger partial charge in [-0.3, -0.25) is 0 Å². The molecule has 1 aliphatic carbocycles. The van der Waals surface area contributed by atoms with Gasteiger partial charge in [-0.25, -0.2) is 18.5 Å². The molecule has 2 N–H and O–H groups in total. The minimum atomic E-state index is -3.78.